The van der Waals surface area contributed by atoms with Gasteiger partial charge in [-0.3, -0.25) is 0 Å². The third-order valence-corrected chi connectivity index (χ3v) is 3.55. The lowest BCUT2D eigenvalue weighted by atomic mass is 9.95. The maximum atomic E-state index is 12.8. The fraction of sp³-hybridized carbons (Fsp3) is 0.500. The minimum atomic E-state index is -4.54. The SMILES string of the molecule is Oc1c(C2CCCCN2)cc(Br)cc1C(F)(F)F. The van der Waals surface area contributed by atoms with Gasteiger partial charge in [-0.1, -0.05) is 22.4 Å². The van der Waals surface area contributed by atoms with Crippen molar-refractivity contribution in [1.82, 2.24) is 5.32 Å². The fourth-order valence-electron chi connectivity index (χ4n) is 2.22. The Morgan fingerprint density at radius 2 is 2.00 bits per heavy atom. The van der Waals surface area contributed by atoms with Gasteiger partial charge in [0.2, 0.25) is 0 Å². The van der Waals surface area contributed by atoms with E-state index in [1.807, 2.05) is 0 Å². The van der Waals surface area contributed by atoms with Gasteiger partial charge in [-0.25, -0.2) is 0 Å². The third kappa shape index (κ3) is 2.80. The Bertz CT molecular complexity index is 442. The summed E-state index contributed by atoms with van der Waals surface area (Å²) in [5.74, 6) is -0.662. The van der Waals surface area contributed by atoms with Gasteiger partial charge in [0, 0.05) is 16.1 Å². The van der Waals surface area contributed by atoms with Gasteiger partial charge in [-0.15, -0.1) is 0 Å². The average Bonchev–Trinajstić information content (AvgIpc) is 2.31. The smallest absolute Gasteiger partial charge is 0.420 e. The molecule has 0 radical (unpaired) electrons. The molecular formula is C12H13BrF3NO. The normalized spacial score (nSPS) is 21.0. The lowest BCUT2D eigenvalue weighted by molar-refractivity contribution is -0.138. The predicted octanol–water partition coefficient (Wildman–Crippen LogP) is 3.99. The molecule has 1 aromatic rings. The molecule has 1 aliphatic heterocycles. The molecule has 2 rings (SSSR count). The second kappa shape index (κ2) is 5.09. The molecule has 6 heteroatoms. The Morgan fingerprint density at radius 1 is 1.28 bits per heavy atom. The number of rotatable bonds is 1. The molecule has 1 aliphatic rings. The van der Waals surface area contributed by atoms with E-state index in [2.05, 4.69) is 21.2 Å². The van der Waals surface area contributed by atoms with Crippen molar-refractivity contribution in [2.45, 2.75) is 31.5 Å². The van der Waals surface area contributed by atoms with Crippen molar-refractivity contribution in [2.24, 2.45) is 0 Å². The second-order valence-electron chi connectivity index (χ2n) is 4.39. The van der Waals surface area contributed by atoms with Crippen LogP contribution in [0.1, 0.15) is 36.4 Å². The molecule has 0 spiro atoms. The Labute approximate surface area is 111 Å². The van der Waals surface area contributed by atoms with Gasteiger partial charge < -0.3 is 10.4 Å². The van der Waals surface area contributed by atoms with Crippen LogP contribution in [0.4, 0.5) is 13.2 Å². The maximum Gasteiger partial charge on any atom is 0.420 e. The van der Waals surface area contributed by atoms with E-state index in [4.69, 9.17) is 0 Å². The average molecular weight is 324 g/mol. The largest absolute Gasteiger partial charge is 0.507 e. The summed E-state index contributed by atoms with van der Waals surface area (Å²) in [5.41, 5.74) is -0.671. The highest BCUT2D eigenvalue weighted by Crippen LogP contribution is 2.42. The summed E-state index contributed by atoms with van der Waals surface area (Å²) >= 11 is 3.07. The highest BCUT2D eigenvalue weighted by atomic mass is 79.9. The van der Waals surface area contributed by atoms with E-state index in [0.717, 1.165) is 31.9 Å². The summed E-state index contributed by atoms with van der Waals surface area (Å²) in [4.78, 5) is 0. The zero-order valence-corrected chi connectivity index (χ0v) is 11.1. The Balaban J connectivity index is 2.44. The van der Waals surface area contributed by atoms with Crippen molar-refractivity contribution in [3.8, 4) is 5.75 Å². The second-order valence-corrected chi connectivity index (χ2v) is 5.31. The van der Waals surface area contributed by atoms with Crippen LogP contribution < -0.4 is 5.32 Å². The van der Waals surface area contributed by atoms with E-state index in [9.17, 15) is 18.3 Å². The van der Waals surface area contributed by atoms with Crippen molar-refractivity contribution in [3.05, 3.63) is 27.7 Å². The molecule has 1 atom stereocenters. The summed E-state index contributed by atoms with van der Waals surface area (Å²) in [5, 5.41) is 13.0. The quantitative estimate of drug-likeness (QED) is 0.819. The number of halogens is 4. The first kappa shape index (κ1) is 13.7. The number of hydrogen-bond acceptors (Lipinski definition) is 2. The highest BCUT2D eigenvalue weighted by molar-refractivity contribution is 9.10. The van der Waals surface area contributed by atoms with Gasteiger partial charge in [0.05, 0.1) is 5.56 Å². The third-order valence-electron chi connectivity index (χ3n) is 3.10. The molecule has 2 nitrogen and oxygen atoms in total. The van der Waals surface area contributed by atoms with Crippen LogP contribution in [0.5, 0.6) is 5.75 Å². The molecule has 2 N–H and O–H groups in total. The molecule has 0 aromatic heterocycles. The first-order chi connectivity index (χ1) is 8.39. The summed E-state index contributed by atoms with van der Waals surface area (Å²) in [7, 11) is 0. The number of benzene rings is 1. The fourth-order valence-corrected chi connectivity index (χ4v) is 2.69. The van der Waals surface area contributed by atoms with Crippen LogP contribution in [-0.4, -0.2) is 11.7 Å². The first-order valence-electron chi connectivity index (χ1n) is 5.72. The molecule has 1 heterocycles. The van der Waals surface area contributed by atoms with E-state index in [1.165, 1.54) is 0 Å². The Hall–Kier alpha value is -0.750. The van der Waals surface area contributed by atoms with Crippen LogP contribution in [-0.2, 0) is 6.18 Å². The summed E-state index contributed by atoms with van der Waals surface area (Å²) in [6.45, 7) is 0.762. The van der Waals surface area contributed by atoms with E-state index in [-0.39, 0.29) is 6.04 Å². The van der Waals surface area contributed by atoms with Crippen LogP contribution in [0.3, 0.4) is 0 Å². The monoisotopic (exact) mass is 323 g/mol. The number of hydrogen-bond donors (Lipinski definition) is 2. The first-order valence-corrected chi connectivity index (χ1v) is 6.52. The number of nitrogens with one attached hydrogen (secondary N) is 1. The van der Waals surface area contributed by atoms with E-state index < -0.39 is 17.5 Å². The van der Waals surface area contributed by atoms with Crippen LogP contribution in [0.15, 0.2) is 16.6 Å². The molecular weight excluding hydrogens is 311 g/mol. The molecule has 18 heavy (non-hydrogen) atoms. The van der Waals surface area contributed by atoms with Crippen molar-refractivity contribution in [3.63, 3.8) is 0 Å². The summed E-state index contributed by atoms with van der Waals surface area (Å²) in [6, 6.07) is 2.24. The molecule has 1 unspecified atom stereocenters. The number of aromatic hydroxyl groups is 1. The van der Waals surface area contributed by atoms with Gasteiger partial charge in [-0.05, 0) is 31.5 Å². The van der Waals surface area contributed by atoms with Crippen LogP contribution in [0, 0.1) is 0 Å². The lowest BCUT2D eigenvalue weighted by Gasteiger charge is -2.25. The zero-order chi connectivity index (χ0) is 13.3. The molecule has 1 fully saturated rings. The molecule has 1 saturated heterocycles. The van der Waals surface area contributed by atoms with Gasteiger partial charge in [-0.2, -0.15) is 13.2 Å². The van der Waals surface area contributed by atoms with Crippen molar-refractivity contribution in [2.75, 3.05) is 6.54 Å². The summed E-state index contributed by atoms with van der Waals surface area (Å²) < 4.78 is 38.7. The molecule has 0 bridgehead atoms. The summed E-state index contributed by atoms with van der Waals surface area (Å²) in [6.07, 6.45) is -1.85. The predicted molar refractivity (Wildman–Crippen MR) is 65.4 cm³/mol. The standard InChI is InChI=1S/C12H13BrF3NO/c13-7-5-8(10-3-1-2-4-17-10)11(18)9(6-7)12(14,15)16/h5-6,10,17-18H,1-4H2. The molecule has 1 aromatic carbocycles. The minimum absolute atomic E-state index is 0.211. The number of alkyl halides is 3. The van der Waals surface area contributed by atoms with Gasteiger partial charge in [0.1, 0.15) is 5.75 Å². The topological polar surface area (TPSA) is 32.3 Å². The van der Waals surface area contributed by atoms with Crippen molar-refractivity contribution >= 4 is 15.9 Å². The van der Waals surface area contributed by atoms with E-state index in [0.29, 0.717) is 10.0 Å². The van der Waals surface area contributed by atoms with E-state index >= 15 is 0 Å². The Morgan fingerprint density at radius 3 is 2.56 bits per heavy atom. The number of phenolic OH excluding ortho intramolecular Hbond substituents is 1. The maximum absolute atomic E-state index is 12.8. The highest BCUT2D eigenvalue weighted by Gasteiger charge is 2.36. The number of piperidine rings is 1. The van der Waals surface area contributed by atoms with Crippen LogP contribution in [0.25, 0.3) is 0 Å². The number of phenols is 1. The van der Waals surface area contributed by atoms with Gasteiger partial charge >= 0.3 is 6.18 Å². The Kier molecular flexibility index (Phi) is 3.87. The van der Waals surface area contributed by atoms with Crippen LogP contribution >= 0.6 is 15.9 Å². The van der Waals surface area contributed by atoms with Gasteiger partial charge in [0.25, 0.3) is 0 Å². The minimum Gasteiger partial charge on any atom is -0.507 e. The van der Waals surface area contributed by atoms with Gasteiger partial charge in [0.15, 0.2) is 0 Å². The van der Waals surface area contributed by atoms with E-state index in [1.54, 1.807) is 6.07 Å². The van der Waals surface area contributed by atoms with Crippen molar-refractivity contribution < 1.29 is 18.3 Å². The van der Waals surface area contributed by atoms with Crippen LogP contribution in [0.2, 0.25) is 0 Å². The van der Waals surface area contributed by atoms with Crippen molar-refractivity contribution in [1.29, 1.82) is 0 Å². The molecule has 0 saturated carbocycles. The molecule has 0 amide bonds. The molecule has 0 aliphatic carbocycles. The zero-order valence-electron chi connectivity index (χ0n) is 9.52. The molecule has 100 valence electrons. The lowest BCUT2D eigenvalue weighted by Crippen LogP contribution is -2.27.